The van der Waals surface area contributed by atoms with Gasteiger partial charge < -0.3 is 4.84 Å². The van der Waals surface area contributed by atoms with E-state index in [0.29, 0.717) is 0 Å². The van der Waals surface area contributed by atoms with Crippen LogP contribution >= 0.6 is 0 Å². The van der Waals surface area contributed by atoms with Gasteiger partial charge in [0.25, 0.3) is 0 Å². The zero-order chi connectivity index (χ0) is 14.0. The van der Waals surface area contributed by atoms with Crippen LogP contribution in [0.5, 0.6) is 0 Å². The topological polar surface area (TPSA) is 21.6 Å². The van der Waals surface area contributed by atoms with Gasteiger partial charge in [-0.25, -0.2) is 0 Å². The molecule has 0 aliphatic rings. The molecule has 0 bridgehead atoms. The van der Waals surface area contributed by atoms with Crippen molar-refractivity contribution in [2.24, 2.45) is 5.16 Å². The molecule has 0 fully saturated rings. The van der Waals surface area contributed by atoms with Gasteiger partial charge in [0.15, 0.2) is 0 Å². The van der Waals surface area contributed by atoms with Crippen molar-refractivity contribution >= 4 is 17.9 Å². The molecule has 0 aliphatic heterocycles. The van der Waals surface area contributed by atoms with Gasteiger partial charge >= 0.3 is 0 Å². The van der Waals surface area contributed by atoms with Gasteiger partial charge in [0.2, 0.25) is 0 Å². The standard InChI is InChI=1S/C18H17NO/c1-20-19-18(14-12-16-8-4-2-5-9-16)15-13-17-10-6-3-7-11-17/h2-15H,1H3/b14-12+,15-13+. The molecule has 0 aliphatic carbocycles. The third-order valence-corrected chi connectivity index (χ3v) is 2.69. The molecule has 0 saturated heterocycles. The van der Waals surface area contributed by atoms with E-state index in [0.717, 1.165) is 16.8 Å². The molecule has 0 aromatic heterocycles. The summed E-state index contributed by atoms with van der Waals surface area (Å²) in [6.45, 7) is 0. The number of allylic oxidation sites excluding steroid dienone is 2. The summed E-state index contributed by atoms with van der Waals surface area (Å²) in [7, 11) is 1.55. The third kappa shape index (κ3) is 4.58. The van der Waals surface area contributed by atoms with Crippen LogP contribution in [0, 0.1) is 0 Å². The fraction of sp³-hybridized carbons (Fsp3) is 0.0556. The number of benzene rings is 2. The molecule has 2 nitrogen and oxygen atoms in total. The number of hydrogen-bond acceptors (Lipinski definition) is 2. The molecule has 100 valence electrons. The molecule has 0 spiro atoms. The van der Waals surface area contributed by atoms with E-state index in [2.05, 4.69) is 5.16 Å². The second-order valence-corrected chi connectivity index (χ2v) is 4.19. The van der Waals surface area contributed by atoms with E-state index in [-0.39, 0.29) is 0 Å². The fourth-order valence-electron chi connectivity index (χ4n) is 1.71. The highest BCUT2D eigenvalue weighted by Crippen LogP contribution is 2.04. The molecular weight excluding hydrogens is 246 g/mol. The summed E-state index contributed by atoms with van der Waals surface area (Å²) in [6, 6.07) is 20.2. The highest BCUT2D eigenvalue weighted by molar-refractivity contribution is 6.08. The molecule has 0 atom stereocenters. The van der Waals surface area contributed by atoms with Gasteiger partial charge in [-0.3, -0.25) is 0 Å². The molecule has 2 rings (SSSR count). The Hall–Kier alpha value is -2.61. The number of nitrogens with zero attached hydrogens (tertiary/aromatic N) is 1. The summed E-state index contributed by atoms with van der Waals surface area (Å²) in [5.41, 5.74) is 3.02. The van der Waals surface area contributed by atoms with Crippen molar-refractivity contribution in [3.63, 3.8) is 0 Å². The Morgan fingerprint density at radius 2 is 1.25 bits per heavy atom. The van der Waals surface area contributed by atoms with E-state index in [1.165, 1.54) is 0 Å². The first-order valence-corrected chi connectivity index (χ1v) is 6.46. The summed E-state index contributed by atoms with van der Waals surface area (Å²) < 4.78 is 0. The van der Waals surface area contributed by atoms with Crippen molar-refractivity contribution in [2.75, 3.05) is 7.11 Å². The average Bonchev–Trinajstić information content (AvgIpc) is 2.52. The van der Waals surface area contributed by atoms with Crippen LogP contribution < -0.4 is 0 Å². The summed E-state index contributed by atoms with van der Waals surface area (Å²) >= 11 is 0. The maximum atomic E-state index is 4.87. The van der Waals surface area contributed by atoms with Gasteiger partial charge in [-0.2, -0.15) is 0 Å². The average molecular weight is 263 g/mol. The third-order valence-electron chi connectivity index (χ3n) is 2.69. The van der Waals surface area contributed by atoms with Crippen LogP contribution in [0.1, 0.15) is 11.1 Å². The van der Waals surface area contributed by atoms with Crippen molar-refractivity contribution in [2.45, 2.75) is 0 Å². The Kier molecular flexibility index (Phi) is 5.35. The van der Waals surface area contributed by atoms with E-state index in [4.69, 9.17) is 4.84 Å². The van der Waals surface area contributed by atoms with E-state index >= 15 is 0 Å². The number of rotatable bonds is 5. The highest BCUT2D eigenvalue weighted by atomic mass is 16.6. The minimum Gasteiger partial charge on any atom is -0.399 e. The van der Waals surface area contributed by atoms with Crippen molar-refractivity contribution in [3.05, 3.63) is 83.9 Å². The van der Waals surface area contributed by atoms with E-state index in [1.807, 2.05) is 85.0 Å². The summed E-state index contributed by atoms with van der Waals surface area (Å²) in [5.74, 6) is 0. The van der Waals surface area contributed by atoms with E-state index in [1.54, 1.807) is 7.11 Å². The van der Waals surface area contributed by atoms with Crippen molar-refractivity contribution < 1.29 is 4.84 Å². The lowest BCUT2D eigenvalue weighted by Crippen LogP contribution is -1.88. The normalized spacial score (nSPS) is 10.8. The lowest BCUT2D eigenvalue weighted by molar-refractivity contribution is 0.214. The van der Waals surface area contributed by atoms with E-state index in [9.17, 15) is 0 Å². The van der Waals surface area contributed by atoms with Crippen LogP contribution in [-0.4, -0.2) is 12.8 Å². The van der Waals surface area contributed by atoms with Crippen LogP contribution in [0.15, 0.2) is 78.0 Å². The quantitative estimate of drug-likeness (QED) is 0.578. The van der Waals surface area contributed by atoms with Gasteiger partial charge in [-0.15, -0.1) is 0 Å². The van der Waals surface area contributed by atoms with Crippen LogP contribution in [0.2, 0.25) is 0 Å². The minimum atomic E-state index is 0.764. The predicted octanol–water partition coefficient (Wildman–Crippen LogP) is 4.42. The maximum Gasteiger partial charge on any atom is 0.106 e. The van der Waals surface area contributed by atoms with Gasteiger partial charge in [-0.05, 0) is 23.3 Å². The Bertz CT molecular complexity index is 546. The molecule has 0 radical (unpaired) electrons. The molecule has 2 aromatic carbocycles. The smallest absolute Gasteiger partial charge is 0.106 e. The number of hydrogen-bond donors (Lipinski definition) is 0. The van der Waals surface area contributed by atoms with Crippen molar-refractivity contribution in [1.29, 1.82) is 0 Å². The molecule has 2 heteroatoms. The lowest BCUT2D eigenvalue weighted by Gasteiger charge is -1.95. The maximum absolute atomic E-state index is 4.87. The summed E-state index contributed by atoms with van der Waals surface area (Å²) in [6.07, 6.45) is 7.87. The Labute approximate surface area is 119 Å². The van der Waals surface area contributed by atoms with Gasteiger partial charge in [-0.1, -0.05) is 78.0 Å². The molecule has 0 heterocycles. The van der Waals surface area contributed by atoms with Gasteiger partial charge in [0.1, 0.15) is 12.8 Å². The predicted molar refractivity (Wildman–Crippen MR) is 85.4 cm³/mol. The fourth-order valence-corrected chi connectivity index (χ4v) is 1.71. The summed E-state index contributed by atoms with van der Waals surface area (Å²) in [5, 5.41) is 4.00. The second-order valence-electron chi connectivity index (χ2n) is 4.19. The molecule has 0 N–H and O–H groups in total. The first-order chi connectivity index (χ1) is 9.88. The first kappa shape index (κ1) is 13.8. The van der Waals surface area contributed by atoms with Crippen molar-refractivity contribution in [3.8, 4) is 0 Å². The zero-order valence-electron chi connectivity index (χ0n) is 11.4. The number of oxime groups is 1. The Morgan fingerprint density at radius 3 is 1.65 bits per heavy atom. The Balaban J connectivity index is 2.10. The van der Waals surface area contributed by atoms with Crippen LogP contribution in [0.25, 0.3) is 12.2 Å². The molecule has 2 aromatic rings. The highest BCUT2D eigenvalue weighted by Gasteiger charge is 1.91. The minimum absolute atomic E-state index is 0.764. The van der Waals surface area contributed by atoms with E-state index < -0.39 is 0 Å². The molecular formula is C18H17NO. The lowest BCUT2D eigenvalue weighted by atomic mass is 10.1. The van der Waals surface area contributed by atoms with Gasteiger partial charge in [0.05, 0.1) is 0 Å². The summed E-state index contributed by atoms with van der Waals surface area (Å²) in [4.78, 5) is 4.87. The second kappa shape index (κ2) is 7.74. The van der Waals surface area contributed by atoms with Crippen LogP contribution in [-0.2, 0) is 4.84 Å². The Morgan fingerprint density at radius 1 is 0.800 bits per heavy atom. The van der Waals surface area contributed by atoms with Gasteiger partial charge in [0, 0.05) is 0 Å². The molecule has 20 heavy (non-hydrogen) atoms. The van der Waals surface area contributed by atoms with Crippen molar-refractivity contribution in [1.82, 2.24) is 0 Å². The SMILES string of the molecule is CON=C(/C=C/c1ccccc1)/C=C/c1ccccc1. The monoisotopic (exact) mass is 263 g/mol. The molecule has 0 saturated carbocycles. The molecule has 0 unspecified atom stereocenters. The molecule has 0 amide bonds. The first-order valence-electron chi connectivity index (χ1n) is 6.46. The largest absolute Gasteiger partial charge is 0.399 e. The zero-order valence-corrected chi connectivity index (χ0v) is 11.4. The van der Waals surface area contributed by atoms with Crippen LogP contribution in [0.3, 0.4) is 0 Å². The van der Waals surface area contributed by atoms with Crippen LogP contribution in [0.4, 0.5) is 0 Å².